The second-order valence-corrected chi connectivity index (χ2v) is 19.2. The van der Waals surface area contributed by atoms with Gasteiger partial charge >= 0.3 is 0 Å². The van der Waals surface area contributed by atoms with E-state index in [1.54, 1.807) is 12.3 Å². The molecule has 257 valence electrons. The van der Waals surface area contributed by atoms with Gasteiger partial charge in [-0.25, -0.2) is 4.98 Å². The number of hydrogen-bond acceptors (Lipinski definition) is 4. The molecule has 6 aromatic rings. The van der Waals surface area contributed by atoms with Crippen molar-refractivity contribution in [1.82, 2.24) is 15.0 Å². The van der Waals surface area contributed by atoms with Crippen LogP contribution in [0.4, 0.5) is 0 Å². The summed E-state index contributed by atoms with van der Waals surface area (Å²) >= 11 is 0. The van der Waals surface area contributed by atoms with Gasteiger partial charge in [-0.2, -0.15) is 0 Å². The van der Waals surface area contributed by atoms with Gasteiger partial charge in [0.1, 0.15) is 0 Å². The number of furan rings is 1. The Kier molecular flexibility index (Phi) is 9.60. The zero-order valence-electron chi connectivity index (χ0n) is 35.3. The average Bonchev–Trinajstić information content (AvgIpc) is 3.53. The molecule has 0 spiro atoms. The molecule has 1 saturated carbocycles. The van der Waals surface area contributed by atoms with E-state index in [4.69, 9.17) is 12.6 Å². The minimum Gasteiger partial charge on any atom is -0.486 e. The SMILES string of the molecule is [2H]C([2H])([2H])c1ccc2c(n1)oc1c(-c3cc(C([2H])(C)C4CCCCC4)ccn3)[c-]ccc12.[2H]C([2H])(c1cc(-c2[c-]cccc2)ncc1[Si](C)(C)C)C(C)C.[Ir]. The number of hydrogen-bond donors (Lipinski definition) is 0. The molecular formula is C43H49IrN3OSi-2. The quantitative estimate of drug-likeness (QED) is 0.119. The maximum absolute atomic E-state index is 9.13. The third-order valence-corrected chi connectivity index (χ3v) is 11.1. The summed E-state index contributed by atoms with van der Waals surface area (Å²) in [5, 5.41) is 2.70. The van der Waals surface area contributed by atoms with E-state index in [1.807, 2.05) is 81.6 Å². The molecule has 0 saturated heterocycles. The van der Waals surface area contributed by atoms with Crippen LogP contribution in [0.5, 0.6) is 0 Å². The first kappa shape index (κ1) is 29.3. The maximum Gasteiger partial charge on any atom is 0.216 e. The van der Waals surface area contributed by atoms with Crippen molar-refractivity contribution in [3.8, 4) is 22.5 Å². The van der Waals surface area contributed by atoms with Gasteiger partial charge < -0.3 is 14.4 Å². The molecule has 1 fully saturated rings. The van der Waals surface area contributed by atoms with Crippen molar-refractivity contribution >= 4 is 35.3 Å². The van der Waals surface area contributed by atoms with Crippen LogP contribution in [0.25, 0.3) is 44.6 Å². The van der Waals surface area contributed by atoms with Gasteiger partial charge in [0.15, 0.2) is 0 Å². The van der Waals surface area contributed by atoms with Crippen molar-refractivity contribution < 1.29 is 32.7 Å². The Balaban J connectivity index is 0.000000222. The van der Waals surface area contributed by atoms with Crippen LogP contribution in [0.15, 0.2) is 83.5 Å². The summed E-state index contributed by atoms with van der Waals surface area (Å²) < 4.78 is 55.1. The van der Waals surface area contributed by atoms with E-state index in [1.165, 1.54) is 25.3 Å². The molecule has 1 aliphatic carbocycles. The van der Waals surface area contributed by atoms with E-state index < -0.39 is 27.2 Å². The molecule has 49 heavy (non-hydrogen) atoms. The Morgan fingerprint density at radius 3 is 2.47 bits per heavy atom. The van der Waals surface area contributed by atoms with E-state index in [-0.39, 0.29) is 37.4 Å². The molecule has 1 aliphatic rings. The topological polar surface area (TPSA) is 51.8 Å². The van der Waals surface area contributed by atoms with Crippen LogP contribution in [0, 0.1) is 30.8 Å². The predicted octanol–water partition coefficient (Wildman–Crippen LogP) is 11.1. The van der Waals surface area contributed by atoms with Crippen molar-refractivity contribution in [2.24, 2.45) is 11.8 Å². The van der Waals surface area contributed by atoms with E-state index in [0.717, 1.165) is 51.2 Å². The number of nitrogens with zero attached hydrogens (tertiary/aromatic N) is 3. The van der Waals surface area contributed by atoms with Crippen molar-refractivity contribution in [2.45, 2.75) is 91.6 Å². The van der Waals surface area contributed by atoms with Crippen molar-refractivity contribution in [3.05, 3.63) is 108 Å². The van der Waals surface area contributed by atoms with Gasteiger partial charge in [0.05, 0.1) is 13.7 Å². The third kappa shape index (κ3) is 8.66. The molecule has 0 aliphatic heterocycles. The molecule has 1 atom stereocenters. The van der Waals surface area contributed by atoms with Crippen LogP contribution >= 0.6 is 0 Å². The van der Waals surface area contributed by atoms with Gasteiger partial charge in [0.2, 0.25) is 5.71 Å². The van der Waals surface area contributed by atoms with Crippen molar-refractivity contribution in [3.63, 3.8) is 0 Å². The Morgan fingerprint density at radius 2 is 1.76 bits per heavy atom. The van der Waals surface area contributed by atoms with Gasteiger partial charge in [0, 0.05) is 51.8 Å². The molecule has 4 nitrogen and oxygen atoms in total. The number of aromatic nitrogens is 3. The molecule has 0 N–H and O–H groups in total. The van der Waals surface area contributed by atoms with E-state index in [9.17, 15) is 0 Å². The number of aryl methyl sites for hydroxylation is 1. The fraction of sp³-hybridized carbons (Fsp3) is 0.372. The van der Waals surface area contributed by atoms with Crippen molar-refractivity contribution in [2.75, 3.05) is 0 Å². The van der Waals surface area contributed by atoms with Crippen LogP contribution in [-0.2, 0) is 26.5 Å². The van der Waals surface area contributed by atoms with Crippen molar-refractivity contribution in [1.29, 1.82) is 0 Å². The van der Waals surface area contributed by atoms with Crippen LogP contribution in [-0.4, -0.2) is 23.0 Å². The number of benzene rings is 2. The van der Waals surface area contributed by atoms with Crippen LogP contribution in [0.2, 0.25) is 19.6 Å². The van der Waals surface area contributed by atoms with Gasteiger partial charge in [-0.15, -0.1) is 54.1 Å². The van der Waals surface area contributed by atoms with E-state index in [2.05, 4.69) is 46.7 Å². The summed E-state index contributed by atoms with van der Waals surface area (Å²) in [6, 6.07) is 26.9. The smallest absolute Gasteiger partial charge is 0.216 e. The normalized spacial score (nSPS) is 17.4. The third-order valence-electron chi connectivity index (χ3n) is 9.13. The monoisotopic (exact) mass is 850 g/mol. The van der Waals surface area contributed by atoms with Gasteiger partial charge in [-0.05, 0) is 78.6 Å². The van der Waals surface area contributed by atoms with Crippen LogP contribution in [0.3, 0.4) is 0 Å². The largest absolute Gasteiger partial charge is 0.486 e. The minimum atomic E-state index is -2.30. The molecule has 6 heteroatoms. The average molecular weight is 850 g/mol. The van der Waals surface area contributed by atoms with Crippen LogP contribution < -0.4 is 5.19 Å². The minimum absolute atomic E-state index is 0. The van der Waals surface area contributed by atoms with E-state index >= 15 is 0 Å². The summed E-state index contributed by atoms with van der Waals surface area (Å²) in [6.45, 7) is 10.3. The molecular weight excluding hydrogens is 795 g/mol. The summed E-state index contributed by atoms with van der Waals surface area (Å²) in [7, 11) is -1.67. The first-order chi connectivity index (χ1) is 25.4. The molecule has 1 radical (unpaired) electrons. The zero-order valence-corrected chi connectivity index (χ0v) is 32.7. The number of rotatable bonds is 7. The van der Waals surface area contributed by atoms with Gasteiger partial charge in [-0.3, -0.25) is 0 Å². The Hall–Kier alpha value is -3.44. The van der Waals surface area contributed by atoms with Crippen LogP contribution in [0.1, 0.15) is 83.8 Å². The van der Waals surface area contributed by atoms with Gasteiger partial charge in [0.25, 0.3) is 0 Å². The zero-order chi connectivity index (χ0) is 39.1. The summed E-state index contributed by atoms with van der Waals surface area (Å²) in [6.07, 6.45) is 8.08. The van der Waals surface area contributed by atoms with Gasteiger partial charge in [-0.1, -0.05) is 93.9 Å². The fourth-order valence-electron chi connectivity index (χ4n) is 6.58. The number of pyridine rings is 3. The summed E-state index contributed by atoms with van der Waals surface area (Å²) in [4.78, 5) is 13.4. The number of fused-ring (bicyclic) bond motifs is 3. The Labute approximate surface area is 316 Å². The molecule has 0 bridgehead atoms. The molecule has 4 aromatic heterocycles. The molecule has 0 amide bonds. The summed E-state index contributed by atoms with van der Waals surface area (Å²) in [5.41, 5.74) is 5.70. The van der Waals surface area contributed by atoms with E-state index in [0.29, 0.717) is 22.8 Å². The first-order valence-corrected chi connectivity index (χ1v) is 20.6. The summed E-state index contributed by atoms with van der Waals surface area (Å²) in [5.74, 6) is -0.437. The second-order valence-electron chi connectivity index (χ2n) is 14.1. The second kappa shape index (κ2) is 16.1. The Bertz CT molecular complexity index is 2240. The maximum atomic E-state index is 9.13. The first-order valence-electron chi connectivity index (χ1n) is 20.1. The molecule has 4 heterocycles. The molecule has 1 unspecified atom stereocenters. The fourth-order valence-corrected chi connectivity index (χ4v) is 7.98. The Morgan fingerprint density at radius 1 is 0.939 bits per heavy atom. The molecule has 2 aromatic carbocycles. The standard InChI is InChI=1S/C25H25N2O.C18H24NSi.Ir/c1-16-11-12-21-20-9-6-10-22(24(20)28-25(21)27-16)23-15-19(13-14-26-23)17(2)18-7-4-3-5-8-18;1-14(2)11-16-12-17(15-9-7-6-8-10-15)19-13-18(16)20(3,4)5;/h6,9,11-15,17-18H,3-5,7-8H2,1-2H3;6-9,12-14H,11H2,1-5H3;/q2*-1;/i1D3,17D;11D2;. The molecule has 7 rings (SSSR count). The predicted molar refractivity (Wildman–Crippen MR) is 203 cm³/mol.